The molecule has 0 aliphatic carbocycles. The summed E-state index contributed by atoms with van der Waals surface area (Å²) < 4.78 is 24.7. The van der Waals surface area contributed by atoms with Crippen LogP contribution < -0.4 is 4.74 Å². The quantitative estimate of drug-likeness (QED) is 0.602. The zero-order chi connectivity index (χ0) is 16.4. The first-order valence-corrected chi connectivity index (χ1v) is 7.49. The number of cyclic esters (lactones) is 1. The van der Waals surface area contributed by atoms with E-state index in [1.54, 1.807) is 43.5 Å². The lowest BCUT2D eigenvalue weighted by molar-refractivity contribution is -0.129. The van der Waals surface area contributed by atoms with Crippen molar-refractivity contribution >= 4 is 33.9 Å². The first kappa shape index (κ1) is 15.4. The van der Waals surface area contributed by atoms with E-state index in [-0.39, 0.29) is 17.2 Å². The molecule has 0 aromatic heterocycles. The van der Waals surface area contributed by atoms with Crippen LogP contribution in [0, 0.1) is 5.82 Å². The van der Waals surface area contributed by atoms with Gasteiger partial charge in [0.05, 0.1) is 17.1 Å². The van der Waals surface area contributed by atoms with E-state index in [1.165, 1.54) is 12.1 Å². The van der Waals surface area contributed by atoms with E-state index in [1.807, 2.05) is 0 Å². The minimum Gasteiger partial charge on any atom is -0.496 e. The normalized spacial score (nSPS) is 15.5. The second-order valence-electron chi connectivity index (χ2n) is 4.71. The lowest BCUT2D eigenvalue weighted by atomic mass is 10.2. The number of benzene rings is 2. The van der Waals surface area contributed by atoms with Crippen LogP contribution in [0.25, 0.3) is 6.08 Å². The lowest BCUT2D eigenvalue weighted by Gasteiger charge is -2.03. The van der Waals surface area contributed by atoms with Gasteiger partial charge in [0.2, 0.25) is 5.90 Å². The first-order valence-electron chi connectivity index (χ1n) is 6.69. The molecule has 116 valence electrons. The van der Waals surface area contributed by atoms with Gasteiger partial charge in [0.15, 0.2) is 5.70 Å². The first-order chi connectivity index (χ1) is 11.1. The molecule has 1 aliphatic rings. The Balaban J connectivity index is 1.95. The van der Waals surface area contributed by atoms with Gasteiger partial charge in [-0.3, -0.25) is 0 Å². The van der Waals surface area contributed by atoms with Crippen molar-refractivity contribution in [3.63, 3.8) is 0 Å². The molecule has 0 unspecified atom stereocenters. The van der Waals surface area contributed by atoms with Crippen LogP contribution in [0.15, 0.2) is 57.6 Å². The summed E-state index contributed by atoms with van der Waals surface area (Å²) in [5.74, 6) is -0.466. The number of ether oxygens (including phenoxy) is 2. The average molecular weight is 376 g/mol. The fraction of sp³-hybridized carbons (Fsp3) is 0.0588. The highest BCUT2D eigenvalue weighted by Crippen LogP contribution is 2.27. The Morgan fingerprint density at radius 1 is 1.26 bits per heavy atom. The predicted molar refractivity (Wildman–Crippen MR) is 87.7 cm³/mol. The Bertz CT molecular complexity index is 845. The number of carbonyl (C=O) groups is 1. The molecular weight excluding hydrogens is 365 g/mol. The Morgan fingerprint density at radius 2 is 2.04 bits per heavy atom. The third-order valence-electron chi connectivity index (χ3n) is 3.20. The highest BCUT2D eigenvalue weighted by Gasteiger charge is 2.25. The zero-order valence-corrected chi connectivity index (χ0v) is 13.6. The summed E-state index contributed by atoms with van der Waals surface area (Å²) in [6.45, 7) is 0. The summed E-state index contributed by atoms with van der Waals surface area (Å²) in [4.78, 5) is 16.0. The molecule has 0 saturated carbocycles. The number of esters is 1. The predicted octanol–water partition coefficient (Wildman–Crippen LogP) is 3.94. The van der Waals surface area contributed by atoms with Gasteiger partial charge in [0.1, 0.15) is 11.6 Å². The standard InChI is InChI=1S/C17H11BrFNO3/c1-22-15-7-6-10(8-12(15)18)9-14-17(21)23-16(20-14)11-4-2-3-5-13(11)19/h2-9H,1H3/b14-9-. The van der Waals surface area contributed by atoms with Crippen LogP contribution in [-0.4, -0.2) is 19.0 Å². The van der Waals surface area contributed by atoms with Gasteiger partial charge in [-0.25, -0.2) is 14.2 Å². The summed E-state index contributed by atoms with van der Waals surface area (Å²) in [7, 11) is 1.57. The van der Waals surface area contributed by atoms with Gasteiger partial charge < -0.3 is 9.47 Å². The van der Waals surface area contributed by atoms with Crippen LogP contribution in [0.1, 0.15) is 11.1 Å². The fourth-order valence-corrected chi connectivity index (χ4v) is 2.65. The number of carbonyl (C=O) groups excluding carboxylic acids is 1. The largest absolute Gasteiger partial charge is 0.496 e. The van der Waals surface area contributed by atoms with Crippen molar-refractivity contribution in [3.8, 4) is 5.75 Å². The molecule has 0 bridgehead atoms. The Kier molecular flexibility index (Phi) is 4.25. The van der Waals surface area contributed by atoms with E-state index < -0.39 is 11.8 Å². The minimum atomic E-state index is -0.616. The smallest absolute Gasteiger partial charge is 0.363 e. The average Bonchev–Trinajstić information content (AvgIpc) is 2.89. The molecule has 2 aromatic rings. The van der Waals surface area contributed by atoms with Gasteiger partial charge in [-0.1, -0.05) is 18.2 Å². The molecule has 6 heteroatoms. The summed E-state index contributed by atoms with van der Waals surface area (Å²) >= 11 is 3.37. The topological polar surface area (TPSA) is 47.9 Å². The molecule has 0 saturated heterocycles. The van der Waals surface area contributed by atoms with Gasteiger partial charge >= 0.3 is 5.97 Å². The van der Waals surface area contributed by atoms with E-state index in [0.717, 1.165) is 10.0 Å². The molecule has 0 amide bonds. The van der Waals surface area contributed by atoms with E-state index in [2.05, 4.69) is 20.9 Å². The van der Waals surface area contributed by atoms with Crippen molar-refractivity contribution in [3.05, 3.63) is 69.6 Å². The molecule has 23 heavy (non-hydrogen) atoms. The van der Waals surface area contributed by atoms with Crippen molar-refractivity contribution in [2.75, 3.05) is 7.11 Å². The monoisotopic (exact) mass is 375 g/mol. The molecule has 0 spiro atoms. The third kappa shape index (κ3) is 3.17. The maximum Gasteiger partial charge on any atom is 0.363 e. The van der Waals surface area contributed by atoms with Crippen LogP contribution in [0.3, 0.4) is 0 Å². The molecule has 4 nitrogen and oxygen atoms in total. The number of hydrogen-bond donors (Lipinski definition) is 0. The number of aliphatic imine (C=N–C) groups is 1. The summed E-state index contributed by atoms with van der Waals surface area (Å²) in [6.07, 6.45) is 1.57. The SMILES string of the molecule is COc1ccc(/C=C2\N=C(c3ccccc3F)OC2=O)cc1Br. The maximum absolute atomic E-state index is 13.7. The molecule has 0 radical (unpaired) electrons. The second-order valence-corrected chi connectivity index (χ2v) is 5.56. The van der Waals surface area contributed by atoms with Crippen LogP contribution in [0.2, 0.25) is 0 Å². The van der Waals surface area contributed by atoms with Gasteiger partial charge in [0.25, 0.3) is 0 Å². The Hall–Kier alpha value is -2.47. The third-order valence-corrected chi connectivity index (χ3v) is 3.82. The number of methoxy groups -OCH3 is 1. The Morgan fingerprint density at radius 3 is 2.74 bits per heavy atom. The molecule has 2 aromatic carbocycles. The summed E-state index contributed by atoms with van der Waals surface area (Å²) in [6, 6.07) is 11.3. The van der Waals surface area contributed by atoms with Crippen LogP contribution in [0.5, 0.6) is 5.75 Å². The number of hydrogen-bond acceptors (Lipinski definition) is 4. The van der Waals surface area contributed by atoms with E-state index in [4.69, 9.17) is 9.47 Å². The minimum absolute atomic E-state index is 0.0353. The molecule has 0 N–H and O–H groups in total. The number of nitrogens with zero attached hydrogens (tertiary/aromatic N) is 1. The van der Waals surface area contributed by atoms with Gasteiger partial charge in [-0.05, 0) is 51.8 Å². The van der Waals surface area contributed by atoms with Gasteiger partial charge in [-0.15, -0.1) is 0 Å². The van der Waals surface area contributed by atoms with Crippen LogP contribution in [0.4, 0.5) is 4.39 Å². The maximum atomic E-state index is 13.7. The molecule has 1 aliphatic heterocycles. The lowest BCUT2D eigenvalue weighted by Crippen LogP contribution is -2.07. The van der Waals surface area contributed by atoms with Gasteiger partial charge in [0, 0.05) is 0 Å². The summed E-state index contributed by atoms with van der Waals surface area (Å²) in [5.41, 5.74) is 1.00. The highest BCUT2D eigenvalue weighted by molar-refractivity contribution is 9.10. The van der Waals surface area contributed by atoms with Crippen molar-refractivity contribution in [1.82, 2.24) is 0 Å². The molecule has 0 atom stereocenters. The fourth-order valence-electron chi connectivity index (χ4n) is 2.09. The van der Waals surface area contributed by atoms with Crippen molar-refractivity contribution in [1.29, 1.82) is 0 Å². The van der Waals surface area contributed by atoms with E-state index >= 15 is 0 Å². The van der Waals surface area contributed by atoms with Gasteiger partial charge in [-0.2, -0.15) is 0 Å². The number of halogens is 2. The van der Waals surface area contributed by atoms with Crippen molar-refractivity contribution < 1.29 is 18.7 Å². The van der Waals surface area contributed by atoms with E-state index in [9.17, 15) is 9.18 Å². The molecule has 1 heterocycles. The van der Waals surface area contributed by atoms with E-state index in [0.29, 0.717) is 5.75 Å². The van der Waals surface area contributed by atoms with Crippen LogP contribution in [-0.2, 0) is 9.53 Å². The van der Waals surface area contributed by atoms with Crippen molar-refractivity contribution in [2.24, 2.45) is 4.99 Å². The molecule has 3 rings (SSSR count). The van der Waals surface area contributed by atoms with Crippen molar-refractivity contribution in [2.45, 2.75) is 0 Å². The summed E-state index contributed by atoms with van der Waals surface area (Å²) in [5, 5.41) is 0. The molecule has 0 fully saturated rings. The van der Waals surface area contributed by atoms with Crippen LogP contribution >= 0.6 is 15.9 Å². The Labute approximate surface area is 140 Å². The zero-order valence-electron chi connectivity index (χ0n) is 12.0. The number of rotatable bonds is 3. The molecular formula is C17H11BrFNO3. The highest BCUT2D eigenvalue weighted by atomic mass is 79.9. The second kappa shape index (κ2) is 6.34.